The Hall–Kier alpha value is -1.42. The third-order valence-corrected chi connectivity index (χ3v) is 2.41. The van der Waals surface area contributed by atoms with E-state index in [1.807, 2.05) is 6.92 Å². The van der Waals surface area contributed by atoms with E-state index < -0.39 is 5.63 Å². The van der Waals surface area contributed by atoms with Gasteiger partial charge in [-0.15, -0.1) is 0 Å². The molecule has 2 aromatic rings. The summed E-state index contributed by atoms with van der Waals surface area (Å²) in [4.78, 5) is 19.3. The highest BCUT2D eigenvalue weighted by Crippen LogP contribution is 2.23. The molecule has 0 fully saturated rings. The monoisotopic (exact) mass is 224 g/mol. The molecule has 2 aromatic heterocycles. The van der Waals surface area contributed by atoms with Crippen LogP contribution in [0.25, 0.3) is 11.1 Å². The van der Waals surface area contributed by atoms with Gasteiger partial charge in [0.2, 0.25) is 5.71 Å². The van der Waals surface area contributed by atoms with E-state index >= 15 is 0 Å². The van der Waals surface area contributed by atoms with Gasteiger partial charge in [0.05, 0.1) is 5.39 Å². The molecule has 0 atom stereocenters. The van der Waals surface area contributed by atoms with Crippen molar-refractivity contribution in [1.82, 2.24) is 9.97 Å². The fourth-order valence-electron chi connectivity index (χ4n) is 1.48. The van der Waals surface area contributed by atoms with Crippen molar-refractivity contribution in [3.8, 4) is 0 Å². The summed E-state index contributed by atoms with van der Waals surface area (Å²) in [6.07, 6.45) is 0.689. The zero-order chi connectivity index (χ0) is 11.0. The highest BCUT2D eigenvalue weighted by Gasteiger charge is 2.11. The van der Waals surface area contributed by atoms with Crippen LogP contribution in [-0.2, 0) is 6.42 Å². The number of aromatic nitrogens is 2. The number of rotatable bonds is 1. The molecule has 0 aliphatic heterocycles. The van der Waals surface area contributed by atoms with Crippen molar-refractivity contribution in [2.45, 2.75) is 20.3 Å². The minimum absolute atomic E-state index is 0.261. The molecule has 0 radical (unpaired) electrons. The fraction of sp³-hybridized carbons (Fsp3) is 0.300. The van der Waals surface area contributed by atoms with Crippen molar-refractivity contribution in [3.05, 3.63) is 33.0 Å². The first-order valence-corrected chi connectivity index (χ1v) is 4.96. The van der Waals surface area contributed by atoms with Crippen LogP contribution in [0, 0.1) is 6.92 Å². The maximum Gasteiger partial charge on any atom is 0.337 e. The molecule has 0 bridgehead atoms. The van der Waals surface area contributed by atoms with Crippen LogP contribution in [0.4, 0.5) is 0 Å². The lowest BCUT2D eigenvalue weighted by molar-refractivity contribution is 0.545. The molecule has 0 aromatic carbocycles. The van der Waals surface area contributed by atoms with Crippen LogP contribution < -0.4 is 5.63 Å². The van der Waals surface area contributed by atoms with E-state index in [0.29, 0.717) is 22.8 Å². The fourth-order valence-corrected chi connectivity index (χ4v) is 1.80. The Bertz CT molecular complexity index is 577. The van der Waals surface area contributed by atoms with Crippen LogP contribution in [0.15, 0.2) is 15.3 Å². The van der Waals surface area contributed by atoms with E-state index in [2.05, 4.69) is 9.97 Å². The summed E-state index contributed by atoms with van der Waals surface area (Å²) in [5.41, 5.74) is 0.664. The molecule has 5 heteroatoms. The molecule has 0 aliphatic rings. The third-order valence-electron chi connectivity index (χ3n) is 2.13. The Morgan fingerprint density at radius 3 is 2.87 bits per heavy atom. The minimum Gasteiger partial charge on any atom is -0.403 e. The Morgan fingerprint density at radius 1 is 1.47 bits per heavy atom. The molecular weight excluding hydrogens is 216 g/mol. The summed E-state index contributed by atoms with van der Waals surface area (Å²) in [5, 5.41) is 0.961. The number of fused-ring (bicyclic) bond motifs is 1. The molecule has 0 N–H and O–H groups in total. The number of aryl methyl sites for hydroxylation is 2. The van der Waals surface area contributed by atoms with Gasteiger partial charge in [-0.1, -0.05) is 18.5 Å². The molecule has 2 rings (SSSR count). The topological polar surface area (TPSA) is 56.0 Å². The summed E-state index contributed by atoms with van der Waals surface area (Å²) >= 11 is 5.99. The van der Waals surface area contributed by atoms with Gasteiger partial charge in [0, 0.05) is 6.07 Å². The molecule has 15 heavy (non-hydrogen) atoms. The number of halogens is 1. The lowest BCUT2D eigenvalue weighted by Gasteiger charge is -2.03. The van der Waals surface area contributed by atoms with E-state index in [1.54, 1.807) is 6.92 Å². The number of nitrogens with zero attached hydrogens (tertiary/aromatic N) is 2. The zero-order valence-corrected chi connectivity index (χ0v) is 9.13. The van der Waals surface area contributed by atoms with Gasteiger partial charge >= 0.3 is 5.63 Å². The van der Waals surface area contributed by atoms with Gasteiger partial charge in [-0.25, -0.2) is 9.78 Å². The van der Waals surface area contributed by atoms with E-state index in [9.17, 15) is 4.79 Å². The van der Waals surface area contributed by atoms with E-state index in [-0.39, 0.29) is 5.71 Å². The number of hydrogen-bond donors (Lipinski definition) is 0. The largest absolute Gasteiger partial charge is 0.403 e. The second-order valence-electron chi connectivity index (χ2n) is 3.19. The van der Waals surface area contributed by atoms with Crippen molar-refractivity contribution in [1.29, 1.82) is 0 Å². The summed E-state index contributed by atoms with van der Waals surface area (Å²) in [6.45, 7) is 3.63. The summed E-state index contributed by atoms with van der Waals surface area (Å²) in [6, 6.07) is 1.42. The first-order valence-electron chi connectivity index (χ1n) is 4.58. The predicted octanol–water partition coefficient (Wildman–Crippen LogP) is 2.11. The number of hydrogen-bond acceptors (Lipinski definition) is 4. The van der Waals surface area contributed by atoms with Crippen molar-refractivity contribution >= 4 is 22.7 Å². The van der Waals surface area contributed by atoms with Crippen molar-refractivity contribution in [3.63, 3.8) is 0 Å². The molecule has 78 valence electrons. The van der Waals surface area contributed by atoms with Crippen molar-refractivity contribution in [2.75, 3.05) is 0 Å². The van der Waals surface area contributed by atoms with Crippen molar-refractivity contribution < 1.29 is 4.42 Å². The van der Waals surface area contributed by atoms with Gasteiger partial charge in [0.1, 0.15) is 11.0 Å². The van der Waals surface area contributed by atoms with Gasteiger partial charge in [0.25, 0.3) is 0 Å². The maximum absolute atomic E-state index is 11.2. The second kappa shape index (κ2) is 3.62. The Kier molecular flexibility index (Phi) is 2.44. The van der Waals surface area contributed by atoms with Crippen molar-refractivity contribution in [2.24, 2.45) is 0 Å². The summed E-state index contributed by atoms with van der Waals surface area (Å²) in [5.74, 6) is 0.490. The molecule has 2 heterocycles. The first kappa shape index (κ1) is 10.1. The predicted molar refractivity (Wildman–Crippen MR) is 57.2 cm³/mol. The van der Waals surface area contributed by atoms with Gasteiger partial charge in [-0.05, 0) is 18.9 Å². The molecule has 0 saturated carbocycles. The quantitative estimate of drug-likeness (QED) is 0.696. The average Bonchev–Trinajstić information content (AvgIpc) is 2.14. The van der Waals surface area contributed by atoms with E-state index in [4.69, 9.17) is 16.0 Å². The van der Waals surface area contributed by atoms with Gasteiger partial charge < -0.3 is 4.42 Å². The van der Waals surface area contributed by atoms with Gasteiger partial charge in [-0.2, -0.15) is 4.98 Å². The SMILES string of the molecule is CCc1cc(=O)oc2nc(C)nc(Cl)c12. The lowest BCUT2D eigenvalue weighted by Crippen LogP contribution is -2.03. The van der Waals surface area contributed by atoms with E-state index in [1.165, 1.54) is 6.07 Å². The average molecular weight is 225 g/mol. The second-order valence-corrected chi connectivity index (χ2v) is 3.54. The Morgan fingerprint density at radius 2 is 2.20 bits per heavy atom. The van der Waals surface area contributed by atoms with Crippen LogP contribution in [0.3, 0.4) is 0 Å². The highest BCUT2D eigenvalue weighted by molar-refractivity contribution is 6.34. The minimum atomic E-state index is -0.409. The standard InChI is InChI=1S/C10H9ClN2O2/c1-3-6-4-7(14)15-10-8(6)9(11)12-5(2)13-10/h4H,3H2,1-2H3. The third kappa shape index (κ3) is 1.72. The first-order chi connectivity index (χ1) is 7.11. The smallest absolute Gasteiger partial charge is 0.337 e. The highest BCUT2D eigenvalue weighted by atomic mass is 35.5. The van der Waals surface area contributed by atoms with Crippen LogP contribution in [0.2, 0.25) is 5.15 Å². The molecule has 0 spiro atoms. The molecule has 0 aliphatic carbocycles. The van der Waals surface area contributed by atoms with Gasteiger partial charge in [0.15, 0.2) is 0 Å². The lowest BCUT2D eigenvalue weighted by atomic mass is 10.1. The Labute approximate surface area is 90.9 Å². The molecule has 0 unspecified atom stereocenters. The van der Waals surface area contributed by atoms with Crippen LogP contribution in [0.1, 0.15) is 18.3 Å². The van der Waals surface area contributed by atoms with Gasteiger partial charge in [-0.3, -0.25) is 0 Å². The van der Waals surface area contributed by atoms with Crippen LogP contribution in [-0.4, -0.2) is 9.97 Å². The van der Waals surface area contributed by atoms with E-state index in [0.717, 1.165) is 5.56 Å². The normalized spacial score (nSPS) is 10.9. The molecular formula is C10H9ClN2O2. The molecule has 0 amide bonds. The van der Waals surface area contributed by atoms with Crippen LogP contribution in [0.5, 0.6) is 0 Å². The van der Waals surface area contributed by atoms with Crippen LogP contribution >= 0.6 is 11.6 Å². The summed E-state index contributed by atoms with van der Waals surface area (Å²) in [7, 11) is 0. The molecule has 0 saturated heterocycles. The zero-order valence-electron chi connectivity index (χ0n) is 8.37. The Balaban J connectivity index is 2.96. The maximum atomic E-state index is 11.2. The molecule has 4 nitrogen and oxygen atoms in total. The summed E-state index contributed by atoms with van der Waals surface area (Å²) < 4.78 is 4.97.